The molecule has 0 aliphatic carbocycles. The Bertz CT molecular complexity index is 1610. The van der Waals surface area contributed by atoms with E-state index >= 15 is 0 Å². The van der Waals surface area contributed by atoms with E-state index in [-0.39, 0.29) is 17.2 Å². The van der Waals surface area contributed by atoms with Gasteiger partial charge in [-0.2, -0.15) is 0 Å². The highest BCUT2D eigenvalue weighted by atomic mass is 32.2. The normalized spacial score (nSPS) is 11.1. The number of rotatable bonds is 9. The fourth-order valence-corrected chi connectivity index (χ4v) is 4.86. The van der Waals surface area contributed by atoms with E-state index in [1.54, 1.807) is 12.1 Å². The van der Waals surface area contributed by atoms with E-state index in [1.165, 1.54) is 16.3 Å². The summed E-state index contributed by atoms with van der Waals surface area (Å²) >= 11 is 1.21. The van der Waals surface area contributed by atoms with E-state index in [1.807, 2.05) is 74.5 Å². The first-order chi connectivity index (χ1) is 18.1. The van der Waals surface area contributed by atoms with Crippen LogP contribution >= 0.6 is 11.8 Å². The highest BCUT2D eigenvalue weighted by Crippen LogP contribution is 2.27. The number of nitrogens with one attached hydrogen (secondary N) is 2. The van der Waals surface area contributed by atoms with Gasteiger partial charge in [-0.3, -0.25) is 14.2 Å². The van der Waals surface area contributed by atoms with E-state index in [4.69, 9.17) is 14.5 Å². The van der Waals surface area contributed by atoms with Crippen molar-refractivity contribution in [2.45, 2.75) is 19.0 Å². The van der Waals surface area contributed by atoms with Gasteiger partial charge < -0.3 is 19.8 Å². The van der Waals surface area contributed by atoms with Gasteiger partial charge in [-0.05, 0) is 68.4 Å². The lowest BCUT2D eigenvalue weighted by Crippen LogP contribution is -2.23. The molecule has 37 heavy (non-hydrogen) atoms. The molecule has 1 amide bonds. The van der Waals surface area contributed by atoms with E-state index in [0.717, 1.165) is 16.7 Å². The van der Waals surface area contributed by atoms with E-state index in [0.29, 0.717) is 46.5 Å². The SMILES string of the molecule is CCOc1ccc(NC(=O)CSc2nc3c([nH]c4ccccc43)c(=O)n2-c2ccc(OCC)cc2)cc1. The van der Waals surface area contributed by atoms with Crippen LogP contribution in [0.1, 0.15) is 13.8 Å². The van der Waals surface area contributed by atoms with Crippen molar-refractivity contribution in [3.05, 3.63) is 83.2 Å². The number of aromatic amines is 1. The number of amides is 1. The minimum Gasteiger partial charge on any atom is -0.494 e. The molecule has 0 atom stereocenters. The Kier molecular flexibility index (Phi) is 7.14. The molecule has 0 radical (unpaired) electrons. The molecule has 0 saturated carbocycles. The fraction of sp³-hybridized carbons (Fsp3) is 0.179. The zero-order chi connectivity index (χ0) is 25.8. The summed E-state index contributed by atoms with van der Waals surface area (Å²) in [5.74, 6) is 1.32. The van der Waals surface area contributed by atoms with Crippen LogP contribution in [0.15, 0.2) is 82.7 Å². The third-order valence-corrected chi connectivity index (χ3v) is 6.62. The molecular formula is C28H26N4O4S. The van der Waals surface area contributed by atoms with Crippen LogP contribution in [0.25, 0.3) is 27.6 Å². The second-order valence-corrected chi connectivity index (χ2v) is 9.09. The molecule has 2 N–H and O–H groups in total. The first kappa shape index (κ1) is 24.5. The predicted octanol–water partition coefficient (Wildman–Crippen LogP) is 5.40. The number of nitrogens with zero attached hydrogens (tertiary/aromatic N) is 2. The van der Waals surface area contributed by atoms with Crippen molar-refractivity contribution in [1.82, 2.24) is 14.5 Å². The van der Waals surface area contributed by atoms with Gasteiger partial charge in [0.25, 0.3) is 5.56 Å². The number of fused-ring (bicyclic) bond motifs is 3. The third-order valence-electron chi connectivity index (χ3n) is 5.68. The molecule has 5 aromatic rings. The minimum atomic E-state index is -0.236. The van der Waals surface area contributed by atoms with E-state index in [2.05, 4.69) is 10.3 Å². The van der Waals surface area contributed by atoms with Gasteiger partial charge in [-0.1, -0.05) is 30.0 Å². The Morgan fingerprint density at radius 1 is 0.946 bits per heavy atom. The van der Waals surface area contributed by atoms with E-state index < -0.39 is 0 Å². The summed E-state index contributed by atoms with van der Waals surface area (Å²) in [4.78, 5) is 34.5. The molecule has 2 aromatic heterocycles. The number of carbonyl (C=O) groups is 1. The summed E-state index contributed by atoms with van der Waals surface area (Å²) in [5.41, 5.74) is 2.89. The largest absolute Gasteiger partial charge is 0.494 e. The van der Waals surface area contributed by atoms with Crippen LogP contribution in [0, 0.1) is 0 Å². The van der Waals surface area contributed by atoms with Crippen molar-refractivity contribution in [2.24, 2.45) is 0 Å². The number of thioether (sulfide) groups is 1. The summed E-state index contributed by atoms with van der Waals surface area (Å²) < 4.78 is 12.5. The van der Waals surface area contributed by atoms with Crippen molar-refractivity contribution >= 4 is 45.3 Å². The van der Waals surface area contributed by atoms with Crippen molar-refractivity contribution in [1.29, 1.82) is 0 Å². The number of H-pyrrole nitrogens is 1. The quantitative estimate of drug-likeness (QED) is 0.202. The summed E-state index contributed by atoms with van der Waals surface area (Å²) in [7, 11) is 0. The summed E-state index contributed by atoms with van der Waals surface area (Å²) in [6.45, 7) is 4.96. The van der Waals surface area contributed by atoms with Crippen LogP contribution in [-0.4, -0.2) is 39.4 Å². The van der Waals surface area contributed by atoms with Crippen LogP contribution in [0.3, 0.4) is 0 Å². The molecule has 2 heterocycles. The van der Waals surface area contributed by atoms with Crippen LogP contribution in [0.2, 0.25) is 0 Å². The summed E-state index contributed by atoms with van der Waals surface area (Å²) in [5, 5.41) is 4.17. The molecule has 9 heteroatoms. The smallest absolute Gasteiger partial charge is 0.283 e. The van der Waals surface area contributed by atoms with Crippen LogP contribution in [0.5, 0.6) is 11.5 Å². The van der Waals surface area contributed by atoms with Gasteiger partial charge in [-0.25, -0.2) is 4.98 Å². The molecule has 0 aliphatic heterocycles. The molecule has 0 aliphatic rings. The number of anilines is 1. The van der Waals surface area contributed by atoms with Gasteiger partial charge in [0.1, 0.15) is 22.5 Å². The Balaban J connectivity index is 1.48. The van der Waals surface area contributed by atoms with Crippen molar-refractivity contribution in [2.75, 3.05) is 24.3 Å². The monoisotopic (exact) mass is 514 g/mol. The molecule has 0 unspecified atom stereocenters. The van der Waals surface area contributed by atoms with Gasteiger partial charge in [0, 0.05) is 16.6 Å². The number of ether oxygens (including phenoxy) is 2. The Hall–Kier alpha value is -4.24. The predicted molar refractivity (Wildman–Crippen MR) is 147 cm³/mol. The molecule has 3 aromatic carbocycles. The second-order valence-electron chi connectivity index (χ2n) is 8.15. The number of carbonyl (C=O) groups excluding carboxylic acids is 1. The topological polar surface area (TPSA) is 98.2 Å². The van der Waals surface area contributed by atoms with Gasteiger partial charge in [-0.15, -0.1) is 0 Å². The first-order valence-electron chi connectivity index (χ1n) is 12.0. The fourth-order valence-electron chi connectivity index (χ4n) is 4.05. The maximum absolute atomic E-state index is 13.7. The molecule has 5 rings (SSSR count). The Labute approximate surface area is 217 Å². The second kappa shape index (κ2) is 10.8. The van der Waals surface area contributed by atoms with Crippen molar-refractivity contribution < 1.29 is 14.3 Å². The molecule has 188 valence electrons. The zero-order valence-corrected chi connectivity index (χ0v) is 21.3. The molecule has 0 fully saturated rings. The lowest BCUT2D eigenvalue weighted by Gasteiger charge is -2.13. The number of para-hydroxylation sites is 1. The van der Waals surface area contributed by atoms with Gasteiger partial charge in [0.2, 0.25) is 5.91 Å². The standard InChI is InChI=1S/C28H26N4O4S/c1-3-35-20-13-9-18(10-14-20)29-24(33)17-37-28-31-25-22-7-5-6-8-23(22)30-26(25)27(34)32(28)19-11-15-21(16-12-19)36-4-2/h5-16,30H,3-4,17H2,1-2H3,(H,29,33). The molecular weight excluding hydrogens is 488 g/mol. The number of aromatic nitrogens is 3. The highest BCUT2D eigenvalue weighted by Gasteiger charge is 2.18. The minimum absolute atomic E-state index is 0.0740. The lowest BCUT2D eigenvalue weighted by molar-refractivity contribution is -0.113. The van der Waals surface area contributed by atoms with Crippen LogP contribution in [-0.2, 0) is 4.79 Å². The number of hydrogen-bond donors (Lipinski definition) is 2. The van der Waals surface area contributed by atoms with Crippen molar-refractivity contribution in [3.8, 4) is 17.2 Å². The van der Waals surface area contributed by atoms with Crippen LogP contribution < -0.4 is 20.3 Å². The first-order valence-corrected chi connectivity index (χ1v) is 13.0. The molecule has 0 saturated heterocycles. The van der Waals surface area contributed by atoms with Gasteiger partial charge in [0.15, 0.2) is 5.16 Å². The number of benzene rings is 3. The Morgan fingerprint density at radius 2 is 1.59 bits per heavy atom. The third kappa shape index (κ3) is 5.17. The maximum Gasteiger partial charge on any atom is 0.283 e. The number of hydrogen-bond acceptors (Lipinski definition) is 6. The Morgan fingerprint density at radius 3 is 2.27 bits per heavy atom. The molecule has 0 bridgehead atoms. The molecule has 0 spiro atoms. The summed E-state index contributed by atoms with van der Waals surface area (Å²) in [6.07, 6.45) is 0. The zero-order valence-electron chi connectivity index (χ0n) is 20.5. The van der Waals surface area contributed by atoms with Crippen molar-refractivity contribution in [3.63, 3.8) is 0 Å². The average molecular weight is 515 g/mol. The van der Waals surface area contributed by atoms with Gasteiger partial charge in [0.05, 0.1) is 24.7 Å². The maximum atomic E-state index is 13.7. The van der Waals surface area contributed by atoms with Crippen LogP contribution in [0.4, 0.5) is 5.69 Å². The summed E-state index contributed by atoms with van der Waals surface area (Å²) in [6, 6.07) is 22.1. The van der Waals surface area contributed by atoms with Gasteiger partial charge >= 0.3 is 0 Å². The lowest BCUT2D eigenvalue weighted by atomic mass is 10.2. The molecule has 8 nitrogen and oxygen atoms in total. The highest BCUT2D eigenvalue weighted by molar-refractivity contribution is 7.99. The van der Waals surface area contributed by atoms with E-state index in [9.17, 15) is 9.59 Å². The average Bonchev–Trinajstić information content (AvgIpc) is 3.29.